The Hall–Kier alpha value is -0.180. The van der Waals surface area contributed by atoms with Gasteiger partial charge in [0.15, 0.2) is 0 Å². The molecule has 0 aliphatic rings. The Morgan fingerprint density at radius 3 is 2.42 bits per heavy atom. The highest BCUT2D eigenvalue weighted by atomic mass is 35.5. The van der Waals surface area contributed by atoms with Gasteiger partial charge in [-0.1, -0.05) is 12.1 Å². The minimum Gasteiger partial charge on any atom is -0.323 e. The number of benzene rings is 1. The lowest BCUT2D eigenvalue weighted by molar-refractivity contribution is 0.825. The molecule has 0 bridgehead atoms. The van der Waals surface area contributed by atoms with Gasteiger partial charge in [-0.2, -0.15) is 0 Å². The van der Waals surface area contributed by atoms with Crippen molar-refractivity contribution in [3.8, 4) is 0 Å². The highest BCUT2D eigenvalue weighted by Gasteiger charge is 2.02. The molecule has 1 atom stereocenters. The summed E-state index contributed by atoms with van der Waals surface area (Å²) in [5.74, 6) is 0.471. The van der Waals surface area contributed by atoms with Crippen LogP contribution < -0.4 is 5.73 Å². The molecule has 1 nitrogen and oxygen atoms in total. The largest absolute Gasteiger partial charge is 0.323 e. The highest BCUT2D eigenvalue weighted by molar-refractivity contribution is 7.98. The van der Waals surface area contributed by atoms with Crippen molar-refractivity contribution in [2.45, 2.75) is 10.9 Å². The zero-order valence-corrected chi connectivity index (χ0v) is 8.53. The van der Waals surface area contributed by atoms with Gasteiger partial charge in [-0.3, -0.25) is 0 Å². The third kappa shape index (κ3) is 2.41. The summed E-state index contributed by atoms with van der Waals surface area (Å²) < 4.78 is 0. The van der Waals surface area contributed by atoms with E-state index >= 15 is 0 Å². The topological polar surface area (TPSA) is 26.0 Å². The van der Waals surface area contributed by atoms with Crippen LogP contribution in [0.4, 0.5) is 0 Å². The molecule has 3 heteroatoms. The van der Waals surface area contributed by atoms with Crippen molar-refractivity contribution in [3.63, 3.8) is 0 Å². The summed E-state index contributed by atoms with van der Waals surface area (Å²) in [5.41, 5.74) is 6.85. The lowest BCUT2D eigenvalue weighted by atomic mass is 10.1. The molecule has 0 spiro atoms. The number of halogens is 1. The Bertz CT molecular complexity index is 235. The molecule has 66 valence electrons. The molecule has 0 amide bonds. The first-order chi connectivity index (χ1) is 5.77. The van der Waals surface area contributed by atoms with Gasteiger partial charge in [-0.25, -0.2) is 0 Å². The number of rotatable bonds is 3. The second-order valence-electron chi connectivity index (χ2n) is 2.53. The van der Waals surface area contributed by atoms with Crippen LogP contribution in [0.2, 0.25) is 0 Å². The minimum atomic E-state index is -0.0393. The van der Waals surface area contributed by atoms with Crippen molar-refractivity contribution >= 4 is 23.4 Å². The highest BCUT2D eigenvalue weighted by Crippen LogP contribution is 2.18. The Labute approximate surface area is 82.3 Å². The van der Waals surface area contributed by atoms with Crippen LogP contribution in [0, 0.1) is 0 Å². The number of hydrogen-bond acceptors (Lipinski definition) is 2. The Kier molecular flexibility index (Phi) is 3.92. The molecule has 0 fully saturated rings. The third-order valence-corrected chi connectivity index (χ3v) is 2.79. The summed E-state index contributed by atoms with van der Waals surface area (Å²) in [6, 6.07) is 8.14. The fourth-order valence-corrected chi connectivity index (χ4v) is 1.53. The van der Waals surface area contributed by atoms with Crippen molar-refractivity contribution in [1.82, 2.24) is 0 Å². The van der Waals surface area contributed by atoms with E-state index in [0.29, 0.717) is 5.88 Å². The summed E-state index contributed by atoms with van der Waals surface area (Å²) >= 11 is 7.35. The fraction of sp³-hybridized carbons (Fsp3) is 0.333. The molecule has 0 saturated heterocycles. The van der Waals surface area contributed by atoms with Gasteiger partial charge in [-0.05, 0) is 24.0 Å². The molecule has 1 aromatic rings. The molecule has 0 radical (unpaired) electrons. The summed E-state index contributed by atoms with van der Waals surface area (Å²) in [5, 5.41) is 0. The molecule has 2 N–H and O–H groups in total. The van der Waals surface area contributed by atoms with E-state index in [1.165, 1.54) is 4.90 Å². The number of nitrogens with two attached hydrogens (primary N) is 1. The fourth-order valence-electron chi connectivity index (χ4n) is 0.940. The van der Waals surface area contributed by atoms with Crippen LogP contribution in [0.25, 0.3) is 0 Å². The molecule has 1 rings (SSSR count). The molecule has 0 aliphatic carbocycles. The molecule has 12 heavy (non-hydrogen) atoms. The van der Waals surface area contributed by atoms with Crippen LogP contribution in [0.3, 0.4) is 0 Å². The van der Waals surface area contributed by atoms with Crippen LogP contribution in [0.1, 0.15) is 11.6 Å². The molecule has 0 saturated carbocycles. The van der Waals surface area contributed by atoms with Gasteiger partial charge in [0.05, 0.1) is 0 Å². The third-order valence-electron chi connectivity index (χ3n) is 1.71. The van der Waals surface area contributed by atoms with E-state index in [9.17, 15) is 0 Å². The number of alkyl halides is 1. The van der Waals surface area contributed by atoms with E-state index in [-0.39, 0.29) is 6.04 Å². The molecule has 0 aliphatic heterocycles. The molecule has 1 aromatic carbocycles. The minimum absolute atomic E-state index is 0.0393. The monoisotopic (exact) mass is 201 g/mol. The smallest absolute Gasteiger partial charge is 0.0432 e. The molecule has 0 heterocycles. The first-order valence-electron chi connectivity index (χ1n) is 3.73. The lowest BCUT2D eigenvalue weighted by Gasteiger charge is -2.07. The maximum Gasteiger partial charge on any atom is 0.0432 e. The van der Waals surface area contributed by atoms with E-state index in [1.807, 2.05) is 12.1 Å². The van der Waals surface area contributed by atoms with Crippen molar-refractivity contribution in [2.75, 3.05) is 12.1 Å². The normalized spacial score (nSPS) is 12.9. The van der Waals surface area contributed by atoms with Crippen molar-refractivity contribution < 1.29 is 0 Å². The van der Waals surface area contributed by atoms with Crippen LogP contribution >= 0.6 is 23.4 Å². The molecular formula is C9H12ClNS. The summed E-state index contributed by atoms with van der Waals surface area (Å²) in [6.07, 6.45) is 2.05. The maximum absolute atomic E-state index is 5.75. The Balaban J connectivity index is 2.77. The summed E-state index contributed by atoms with van der Waals surface area (Å²) in [6.45, 7) is 0. The molecule has 0 aromatic heterocycles. The summed E-state index contributed by atoms with van der Waals surface area (Å²) in [7, 11) is 0. The van der Waals surface area contributed by atoms with Gasteiger partial charge >= 0.3 is 0 Å². The average Bonchev–Trinajstić information content (AvgIpc) is 2.17. The van der Waals surface area contributed by atoms with E-state index in [0.717, 1.165) is 5.56 Å². The van der Waals surface area contributed by atoms with E-state index in [1.54, 1.807) is 11.8 Å². The SMILES string of the molecule is CSc1ccc(C(N)CCl)cc1. The predicted octanol–water partition coefficient (Wildman–Crippen LogP) is 2.65. The van der Waals surface area contributed by atoms with E-state index in [2.05, 4.69) is 18.4 Å². The second-order valence-corrected chi connectivity index (χ2v) is 3.72. The van der Waals surface area contributed by atoms with Gasteiger partial charge < -0.3 is 5.73 Å². The standard InChI is InChI=1S/C9H12ClNS/c1-12-8-4-2-7(3-5-8)9(11)6-10/h2-5,9H,6,11H2,1H3. The molecule has 1 unspecified atom stereocenters. The van der Waals surface area contributed by atoms with Crippen molar-refractivity contribution in [3.05, 3.63) is 29.8 Å². The number of hydrogen-bond donors (Lipinski definition) is 1. The zero-order valence-electron chi connectivity index (χ0n) is 6.96. The van der Waals surface area contributed by atoms with Crippen LogP contribution in [-0.4, -0.2) is 12.1 Å². The van der Waals surface area contributed by atoms with Crippen LogP contribution in [0.5, 0.6) is 0 Å². The van der Waals surface area contributed by atoms with Crippen molar-refractivity contribution in [1.29, 1.82) is 0 Å². The predicted molar refractivity (Wildman–Crippen MR) is 55.9 cm³/mol. The number of thioether (sulfide) groups is 1. The maximum atomic E-state index is 5.75. The van der Waals surface area contributed by atoms with Crippen LogP contribution in [-0.2, 0) is 0 Å². The zero-order chi connectivity index (χ0) is 8.97. The van der Waals surface area contributed by atoms with Gasteiger partial charge in [0.25, 0.3) is 0 Å². The first-order valence-corrected chi connectivity index (χ1v) is 5.49. The lowest BCUT2D eigenvalue weighted by Crippen LogP contribution is -2.11. The quantitative estimate of drug-likeness (QED) is 0.601. The summed E-state index contributed by atoms with van der Waals surface area (Å²) in [4.78, 5) is 1.25. The van der Waals surface area contributed by atoms with Gasteiger partial charge in [0.1, 0.15) is 0 Å². The van der Waals surface area contributed by atoms with Crippen molar-refractivity contribution in [2.24, 2.45) is 5.73 Å². The second kappa shape index (κ2) is 4.75. The average molecular weight is 202 g/mol. The van der Waals surface area contributed by atoms with Gasteiger partial charge in [0, 0.05) is 16.8 Å². The van der Waals surface area contributed by atoms with Gasteiger partial charge in [0.2, 0.25) is 0 Å². The van der Waals surface area contributed by atoms with Crippen LogP contribution in [0.15, 0.2) is 29.2 Å². The van der Waals surface area contributed by atoms with E-state index in [4.69, 9.17) is 17.3 Å². The molecular weight excluding hydrogens is 190 g/mol. The Morgan fingerprint density at radius 1 is 1.42 bits per heavy atom. The van der Waals surface area contributed by atoms with E-state index < -0.39 is 0 Å². The Morgan fingerprint density at radius 2 is 2.00 bits per heavy atom. The van der Waals surface area contributed by atoms with Gasteiger partial charge in [-0.15, -0.1) is 23.4 Å². The first kappa shape index (κ1) is 9.90.